The number of carbonyl (C=O) groups excluding carboxylic acids is 2. The second-order valence-electron chi connectivity index (χ2n) is 5.29. The SMILES string of the molecule is COC(=O)N1CCCN(C(=O)Nc2ccc(OC)cc2OC)CC1. The van der Waals surface area contributed by atoms with E-state index in [0.29, 0.717) is 49.8 Å². The van der Waals surface area contributed by atoms with Crippen LogP contribution in [0.1, 0.15) is 6.42 Å². The number of nitrogens with one attached hydrogen (secondary N) is 1. The second-order valence-corrected chi connectivity index (χ2v) is 5.29. The van der Waals surface area contributed by atoms with Crippen LogP contribution in [0, 0.1) is 0 Å². The lowest BCUT2D eigenvalue weighted by molar-refractivity contribution is 0.125. The van der Waals surface area contributed by atoms with Crippen LogP contribution in [0.3, 0.4) is 0 Å². The highest BCUT2D eigenvalue weighted by atomic mass is 16.5. The molecule has 1 N–H and O–H groups in total. The summed E-state index contributed by atoms with van der Waals surface area (Å²) in [7, 11) is 4.45. The Labute approximate surface area is 141 Å². The zero-order valence-electron chi connectivity index (χ0n) is 14.2. The summed E-state index contributed by atoms with van der Waals surface area (Å²) in [6, 6.07) is 4.95. The molecule has 1 aliphatic rings. The van der Waals surface area contributed by atoms with Gasteiger partial charge in [0, 0.05) is 32.2 Å². The van der Waals surface area contributed by atoms with Crippen LogP contribution in [0.5, 0.6) is 11.5 Å². The van der Waals surface area contributed by atoms with E-state index in [1.165, 1.54) is 14.2 Å². The molecule has 3 amide bonds. The Morgan fingerprint density at radius 1 is 1.00 bits per heavy atom. The highest BCUT2D eigenvalue weighted by molar-refractivity contribution is 5.91. The molecule has 1 aromatic rings. The second kappa shape index (κ2) is 8.28. The van der Waals surface area contributed by atoms with Gasteiger partial charge in [0.1, 0.15) is 11.5 Å². The van der Waals surface area contributed by atoms with E-state index in [9.17, 15) is 9.59 Å². The molecule has 2 rings (SSSR count). The van der Waals surface area contributed by atoms with Gasteiger partial charge in [0.2, 0.25) is 0 Å². The molecule has 24 heavy (non-hydrogen) atoms. The Hall–Kier alpha value is -2.64. The van der Waals surface area contributed by atoms with Crippen LogP contribution in [-0.2, 0) is 4.74 Å². The number of methoxy groups -OCH3 is 3. The minimum absolute atomic E-state index is 0.231. The summed E-state index contributed by atoms with van der Waals surface area (Å²) in [5.41, 5.74) is 0.567. The van der Waals surface area contributed by atoms with Crippen molar-refractivity contribution in [3.05, 3.63) is 18.2 Å². The molecule has 1 fully saturated rings. The molecule has 0 unspecified atom stereocenters. The maximum Gasteiger partial charge on any atom is 0.409 e. The Bertz CT molecular complexity index is 593. The van der Waals surface area contributed by atoms with Crippen molar-refractivity contribution in [1.29, 1.82) is 0 Å². The van der Waals surface area contributed by atoms with Crippen LogP contribution >= 0.6 is 0 Å². The molecule has 8 nitrogen and oxygen atoms in total. The van der Waals surface area contributed by atoms with Crippen molar-refractivity contribution in [2.75, 3.05) is 52.8 Å². The van der Waals surface area contributed by atoms with Crippen molar-refractivity contribution in [3.8, 4) is 11.5 Å². The van der Waals surface area contributed by atoms with E-state index < -0.39 is 0 Å². The van der Waals surface area contributed by atoms with Gasteiger partial charge < -0.3 is 29.3 Å². The van der Waals surface area contributed by atoms with Crippen LogP contribution in [0.2, 0.25) is 0 Å². The molecule has 0 aromatic heterocycles. The number of hydrogen-bond donors (Lipinski definition) is 1. The van der Waals surface area contributed by atoms with Gasteiger partial charge in [0.25, 0.3) is 0 Å². The predicted molar refractivity (Wildman–Crippen MR) is 88.7 cm³/mol. The van der Waals surface area contributed by atoms with Crippen LogP contribution in [0.15, 0.2) is 18.2 Å². The van der Waals surface area contributed by atoms with Crippen LogP contribution in [-0.4, -0.2) is 69.4 Å². The molecule has 1 heterocycles. The van der Waals surface area contributed by atoms with E-state index in [1.807, 2.05) is 0 Å². The van der Waals surface area contributed by atoms with E-state index in [-0.39, 0.29) is 12.1 Å². The minimum Gasteiger partial charge on any atom is -0.497 e. The van der Waals surface area contributed by atoms with Crippen molar-refractivity contribution >= 4 is 17.8 Å². The number of carbonyl (C=O) groups is 2. The summed E-state index contributed by atoms with van der Waals surface area (Å²) in [4.78, 5) is 27.3. The monoisotopic (exact) mass is 337 g/mol. The fourth-order valence-electron chi connectivity index (χ4n) is 2.53. The summed E-state index contributed by atoms with van der Waals surface area (Å²) in [5, 5.41) is 2.84. The van der Waals surface area contributed by atoms with Crippen molar-refractivity contribution < 1.29 is 23.8 Å². The highest BCUT2D eigenvalue weighted by Gasteiger charge is 2.23. The lowest BCUT2D eigenvalue weighted by atomic mass is 10.2. The fourth-order valence-corrected chi connectivity index (χ4v) is 2.53. The first-order valence-electron chi connectivity index (χ1n) is 7.70. The molecule has 0 aliphatic carbocycles. The molecule has 1 aromatic carbocycles. The Balaban J connectivity index is 2.01. The quantitative estimate of drug-likeness (QED) is 0.912. The normalized spacial score (nSPS) is 14.6. The molecular weight excluding hydrogens is 314 g/mol. The van der Waals surface area contributed by atoms with Gasteiger partial charge in [-0.1, -0.05) is 0 Å². The van der Waals surface area contributed by atoms with Gasteiger partial charge in [-0.15, -0.1) is 0 Å². The number of anilines is 1. The van der Waals surface area contributed by atoms with Gasteiger partial charge in [-0.25, -0.2) is 9.59 Å². The van der Waals surface area contributed by atoms with Gasteiger partial charge >= 0.3 is 12.1 Å². The topological polar surface area (TPSA) is 80.3 Å². The zero-order chi connectivity index (χ0) is 17.5. The van der Waals surface area contributed by atoms with E-state index in [4.69, 9.17) is 14.2 Å². The lowest BCUT2D eigenvalue weighted by Gasteiger charge is -2.22. The van der Waals surface area contributed by atoms with Gasteiger partial charge in [0.15, 0.2) is 0 Å². The third-order valence-corrected chi connectivity index (χ3v) is 3.87. The summed E-state index contributed by atoms with van der Waals surface area (Å²) in [6.45, 7) is 2.03. The first kappa shape index (κ1) is 17.7. The number of nitrogens with zero attached hydrogens (tertiary/aromatic N) is 2. The first-order valence-corrected chi connectivity index (χ1v) is 7.70. The Kier molecular flexibility index (Phi) is 6.11. The highest BCUT2D eigenvalue weighted by Crippen LogP contribution is 2.29. The van der Waals surface area contributed by atoms with Crippen LogP contribution in [0.4, 0.5) is 15.3 Å². The summed E-state index contributed by atoms with van der Waals surface area (Å²) in [6.07, 6.45) is 0.330. The van der Waals surface area contributed by atoms with Crippen LogP contribution in [0.25, 0.3) is 0 Å². The largest absolute Gasteiger partial charge is 0.497 e. The molecule has 0 spiro atoms. The fraction of sp³-hybridized carbons (Fsp3) is 0.500. The van der Waals surface area contributed by atoms with Crippen molar-refractivity contribution in [1.82, 2.24) is 9.80 Å². The lowest BCUT2D eigenvalue weighted by Crippen LogP contribution is -2.39. The van der Waals surface area contributed by atoms with Crippen molar-refractivity contribution in [2.45, 2.75) is 6.42 Å². The molecule has 0 radical (unpaired) electrons. The van der Waals surface area contributed by atoms with Gasteiger partial charge in [-0.3, -0.25) is 0 Å². The third kappa shape index (κ3) is 4.21. The number of hydrogen-bond acceptors (Lipinski definition) is 5. The number of urea groups is 1. The summed E-state index contributed by atoms with van der Waals surface area (Å²) < 4.78 is 15.2. The molecule has 0 saturated carbocycles. The number of rotatable bonds is 3. The van der Waals surface area contributed by atoms with Gasteiger partial charge in [-0.2, -0.15) is 0 Å². The van der Waals surface area contributed by atoms with Crippen molar-refractivity contribution in [2.24, 2.45) is 0 Å². The molecule has 0 bridgehead atoms. The molecule has 1 aliphatic heterocycles. The van der Waals surface area contributed by atoms with Gasteiger partial charge in [-0.05, 0) is 18.6 Å². The third-order valence-electron chi connectivity index (χ3n) is 3.87. The molecular formula is C16H23N3O5. The molecule has 8 heteroatoms. The summed E-state index contributed by atoms with van der Waals surface area (Å²) in [5.74, 6) is 1.17. The molecule has 1 saturated heterocycles. The van der Waals surface area contributed by atoms with E-state index >= 15 is 0 Å². The smallest absolute Gasteiger partial charge is 0.409 e. The standard InChI is InChI=1S/C16H23N3O5/c1-22-12-5-6-13(14(11-12)23-2)17-15(20)18-7-4-8-19(10-9-18)16(21)24-3/h5-6,11H,4,7-10H2,1-3H3,(H,17,20). The maximum atomic E-state index is 12.5. The Morgan fingerprint density at radius 2 is 1.71 bits per heavy atom. The average molecular weight is 337 g/mol. The van der Waals surface area contributed by atoms with Crippen molar-refractivity contribution in [3.63, 3.8) is 0 Å². The Morgan fingerprint density at radius 3 is 2.38 bits per heavy atom. The zero-order valence-corrected chi connectivity index (χ0v) is 14.2. The molecule has 132 valence electrons. The maximum absolute atomic E-state index is 12.5. The molecule has 0 atom stereocenters. The predicted octanol–water partition coefficient (Wildman–Crippen LogP) is 2.01. The van der Waals surface area contributed by atoms with E-state index in [2.05, 4.69) is 5.32 Å². The minimum atomic E-state index is -0.367. The summed E-state index contributed by atoms with van der Waals surface area (Å²) >= 11 is 0. The van der Waals surface area contributed by atoms with Crippen LogP contribution < -0.4 is 14.8 Å². The number of ether oxygens (including phenoxy) is 3. The number of benzene rings is 1. The van der Waals surface area contributed by atoms with E-state index in [1.54, 1.807) is 35.1 Å². The first-order chi connectivity index (χ1) is 11.6. The van der Waals surface area contributed by atoms with Gasteiger partial charge in [0.05, 0.1) is 27.0 Å². The van der Waals surface area contributed by atoms with E-state index in [0.717, 1.165) is 0 Å². The average Bonchev–Trinajstić information content (AvgIpc) is 2.87. The number of amides is 3.